The maximum absolute atomic E-state index is 13.8. The number of allylic oxidation sites excluding steroid dienone is 1. The fourth-order valence-electron chi connectivity index (χ4n) is 3.14. The molecular formula is C18H14F3IN2O. The number of nitrogens with zero attached hydrogens (tertiary/aromatic N) is 1. The van der Waals surface area contributed by atoms with Crippen molar-refractivity contribution in [2.75, 3.05) is 7.05 Å². The second-order valence-electron chi connectivity index (χ2n) is 5.53. The number of nitrogens with one attached hydrogen (secondary N) is 1. The van der Waals surface area contributed by atoms with Gasteiger partial charge in [0.1, 0.15) is 0 Å². The SMILES string of the molecule is CN/N=C\C(=C/I)c1cccc2c1-c1ccccc1C2(O)C(F)(F)F. The Balaban J connectivity index is 2.36. The van der Waals surface area contributed by atoms with Gasteiger partial charge in [-0.15, -0.1) is 0 Å². The van der Waals surface area contributed by atoms with Gasteiger partial charge in [-0.05, 0) is 20.8 Å². The lowest BCUT2D eigenvalue weighted by molar-refractivity contribution is -0.246. The number of hydrazone groups is 1. The molecule has 1 aliphatic rings. The monoisotopic (exact) mass is 458 g/mol. The zero-order valence-corrected chi connectivity index (χ0v) is 15.3. The van der Waals surface area contributed by atoms with Gasteiger partial charge < -0.3 is 10.5 Å². The molecule has 1 aliphatic carbocycles. The number of hydrogen-bond acceptors (Lipinski definition) is 3. The van der Waals surface area contributed by atoms with E-state index in [9.17, 15) is 18.3 Å². The maximum atomic E-state index is 13.8. The largest absolute Gasteiger partial charge is 0.425 e. The lowest BCUT2D eigenvalue weighted by atomic mass is 9.89. The molecule has 2 aromatic rings. The van der Waals surface area contributed by atoms with Gasteiger partial charge in [0.15, 0.2) is 0 Å². The molecule has 2 aromatic carbocycles. The van der Waals surface area contributed by atoms with E-state index in [0.717, 1.165) is 0 Å². The molecule has 3 nitrogen and oxygen atoms in total. The number of alkyl halides is 3. The highest BCUT2D eigenvalue weighted by Gasteiger charge is 2.61. The van der Waals surface area contributed by atoms with Crippen molar-refractivity contribution in [1.82, 2.24) is 5.43 Å². The standard InChI is InChI=1S/C18H14F3IN2O/c1-23-24-10-11(9-22)12-6-4-8-15-16(12)13-5-2-3-7-14(13)17(15,25)18(19,20)21/h2-10,23,25H,1H3/b11-9+,24-10-. The zero-order chi connectivity index (χ0) is 18.2. The first kappa shape index (κ1) is 17.9. The first-order valence-electron chi connectivity index (χ1n) is 7.39. The summed E-state index contributed by atoms with van der Waals surface area (Å²) < 4.78 is 43.2. The van der Waals surface area contributed by atoms with Gasteiger partial charge in [0, 0.05) is 23.7 Å². The molecular weight excluding hydrogens is 444 g/mol. The summed E-state index contributed by atoms with van der Waals surface area (Å²) in [7, 11) is 1.63. The Bertz CT molecular complexity index is 877. The number of hydrogen-bond donors (Lipinski definition) is 2. The molecule has 7 heteroatoms. The minimum atomic E-state index is -4.83. The Labute approximate surface area is 156 Å². The van der Waals surface area contributed by atoms with E-state index in [0.29, 0.717) is 22.3 Å². The molecule has 2 N–H and O–H groups in total. The number of fused-ring (bicyclic) bond motifs is 3. The van der Waals surface area contributed by atoms with E-state index >= 15 is 0 Å². The van der Waals surface area contributed by atoms with Crippen molar-refractivity contribution < 1.29 is 18.3 Å². The lowest BCUT2D eigenvalue weighted by Gasteiger charge is -2.28. The molecule has 130 valence electrons. The molecule has 0 aromatic heterocycles. The van der Waals surface area contributed by atoms with E-state index in [2.05, 4.69) is 10.5 Å². The van der Waals surface area contributed by atoms with E-state index in [4.69, 9.17) is 0 Å². The van der Waals surface area contributed by atoms with Gasteiger partial charge in [-0.3, -0.25) is 0 Å². The van der Waals surface area contributed by atoms with Crippen LogP contribution >= 0.6 is 22.6 Å². The third-order valence-corrected chi connectivity index (χ3v) is 4.88. The van der Waals surface area contributed by atoms with Crippen LogP contribution in [0.15, 0.2) is 51.6 Å². The van der Waals surface area contributed by atoms with E-state index in [-0.39, 0.29) is 11.1 Å². The van der Waals surface area contributed by atoms with Gasteiger partial charge in [0.2, 0.25) is 5.60 Å². The van der Waals surface area contributed by atoms with E-state index < -0.39 is 11.8 Å². The predicted octanol–water partition coefficient (Wildman–Crippen LogP) is 4.45. The van der Waals surface area contributed by atoms with Crippen LogP contribution in [-0.2, 0) is 5.60 Å². The molecule has 3 rings (SSSR count). The van der Waals surface area contributed by atoms with Crippen molar-refractivity contribution in [2.24, 2.45) is 5.10 Å². The third kappa shape index (κ3) is 2.65. The van der Waals surface area contributed by atoms with Crippen LogP contribution in [0.25, 0.3) is 16.7 Å². The maximum Gasteiger partial charge on any atom is 0.425 e. The van der Waals surface area contributed by atoms with E-state index in [1.165, 1.54) is 30.5 Å². The van der Waals surface area contributed by atoms with E-state index in [1.807, 2.05) is 22.6 Å². The van der Waals surface area contributed by atoms with Crippen molar-refractivity contribution in [2.45, 2.75) is 11.8 Å². The van der Waals surface area contributed by atoms with Crippen molar-refractivity contribution >= 4 is 34.4 Å². The van der Waals surface area contributed by atoms with Crippen molar-refractivity contribution in [3.05, 3.63) is 63.2 Å². The van der Waals surface area contributed by atoms with Crippen molar-refractivity contribution in [3.8, 4) is 11.1 Å². The highest BCUT2D eigenvalue weighted by atomic mass is 127. The van der Waals surface area contributed by atoms with Crippen LogP contribution < -0.4 is 5.43 Å². The Hall–Kier alpha value is -1.87. The molecule has 0 fully saturated rings. The van der Waals surface area contributed by atoms with E-state index in [1.54, 1.807) is 29.3 Å². The van der Waals surface area contributed by atoms with Crippen molar-refractivity contribution in [3.63, 3.8) is 0 Å². The van der Waals surface area contributed by atoms with Crippen LogP contribution in [0.1, 0.15) is 16.7 Å². The second-order valence-corrected chi connectivity index (χ2v) is 6.15. The lowest BCUT2D eigenvalue weighted by Crippen LogP contribution is -2.41. The number of aliphatic hydroxyl groups is 1. The van der Waals surface area contributed by atoms with Gasteiger partial charge in [-0.1, -0.05) is 65.1 Å². The zero-order valence-electron chi connectivity index (χ0n) is 13.1. The number of halogens is 4. The summed E-state index contributed by atoms with van der Waals surface area (Å²) >= 11 is 2.02. The highest BCUT2D eigenvalue weighted by Crippen LogP contribution is 2.56. The molecule has 0 heterocycles. The Morgan fingerprint density at radius 2 is 1.84 bits per heavy atom. The van der Waals surface area contributed by atoms with Crippen LogP contribution in [0, 0.1) is 0 Å². The summed E-state index contributed by atoms with van der Waals surface area (Å²) in [6.45, 7) is 0. The Kier molecular flexibility index (Phi) is 4.63. The van der Waals surface area contributed by atoms with Crippen molar-refractivity contribution in [1.29, 1.82) is 0 Å². The van der Waals surface area contributed by atoms with Gasteiger partial charge in [0.05, 0.1) is 6.21 Å². The topological polar surface area (TPSA) is 44.6 Å². The molecule has 1 unspecified atom stereocenters. The first-order chi connectivity index (χ1) is 11.9. The Morgan fingerprint density at radius 1 is 1.16 bits per heavy atom. The molecule has 0 aliphatic heterocycles. The summed E-state index contributed by atoms with van der Waals surface area (Å²) in [5.41, 5.74) is 1.28. The normalized spacial score (nSPS) is 19.8. The van der Waals surface area contributed by atoms with Crippen LogP contribution in [0.2, 0.25) is 0 Å². The molecule has 1 atom stereocenters. The van der Waals surface area contributed by atoms with Crippen LogP contribution in [0.5, 0.6) is 0 Å². The quantitative estimate of drug-likeness (QED) is 0.406. The third-order valence-electron chi connectivity index (χ3n) is 4.21. The highest BCUT2D eigenvalue weighted by molar-refractivity contribution is 14.1. The van der Waals surface area contributed by atoms with Gasteiger partial charge in [0.25, 0.3) is 0 Å². The van der Waals surface area contributed by atoms with Gasteiger partial charge in [-0.2, -0.15) is 18.3 Å². The predicted molar refractivity (Wildman–Crippen MR) is 100 cm³/mol. The molecule has 0 saturated carbocycles. The smallest absolute Gasteiger partial charge is 0.372 e. The molecule has 0 amide bonds. The molecule has 0 radical (unpaired) electrons. The average Bonchev–Trinajstić information content (AvgIpc) is 2.87. The fraction of sp³-hybridized carbons (Fsp3) is 0.167. The molecule has 0 spiro atoms. The van der Waals surface area contributed by atoms with Gasteiger partial charge in [-0.25, -0.2) is 0 Å². The fourth-order valence-corrected chi connectivity index (χ4v) is 3.64. The van der Waals surface area contributed by atoms with Crippen LogP contribution in [0.4, 0.5) is 13.2 Å². The molecule has 0 bridgehead atoms. The number of rotatable bonds is 3. The summed E-state index contributed by atoms with van der Waals surface area (Å²) in [4.78, 5) is 0. The summed E-state index contributed by atoms with van der Waals surface area (Å²) in [5.74, 6) is 0. The Morgan fingerprint density at radius 3 is 2.48 bits per heavy atom. The first-order valence-corrected chi connectivity index (χ1v) is 8.63. The second kappa shape index (κ2) is 6.45. The molecule has 0 saturated heterocycles. The van der Waals surface area contributed by atoms with Crippen LogP contribution in [0.3, 0.4) is 0 Å². The summed E-state index contributed by atoms with van der Waals surface area (Å²) in [5, 5.41) is 14.6. The summed E-state index contributed by atoms with van der Waals surface area (Å²) in [6.07, 6.45) is -3.30. The minimum absolute atomic E-state index is 0.150. The summed E-state index contributed by atoms with van der Waals surface area (Å²) in [6, 6.07) is 10.7. The van der Waals surface area contributed by atoms with Crippen LogP contribution in [-0.4, -0.2) is 24.5 Å². The molecule has 25 heavy (non-hydrogen) atoms. The number of benzene rings is 2. The van der Waals surface area contributed by atoms with Gasteiger partial charge >= 0.3 is 6.18 Å². The average molecular weight is 458 g/mol. The minimum Gasteiger partial charge on any atom is -0.372 e.